The Bertz CT molecular complexity index is 535. The van der Waals surface area contributed by atoms with Crippen molar-refractivity contribution in [3.05, 3.63) is 33.8 Å². The average molecular weight is 339 g/mol. The molecule has 0 amide bonds. The predicted octanol–water partition coefficient (Wildman–Crippen LogP) is 2.75. The standard InChI is InChI=1S/C13H20Cl2N2O2S/c1-3-17(20(2,18)19)9-5-8-16-10-11-6-4-7-12(14)13(11)15/h4,6-7,16H,3,5,8-10H2,1-2H3. The maximum absolute atomic E-state index is 11.4. The van der Waals surface area contributed by atoms with E-state index in [9.17, 15) is 8.42 Å². The number of benzene rings is 1. The van der Waals surface area contributed by atoms with Gasteiger partial charge in [0, 0.05) is 19.6 Å². The molecule has 0 bridgehead atoms. The van der Waals surface area contributed by atoms with Crippen LogP contribution in [0.25, 0.3) is 0 Å². The summed E-state index contributed by atoms with van der Waals surface area (Å²) >= 11 is 12.0. The largest absolute Gasteiger partial charge is 0.313 e. The fourth-order valence-corrected chi connectivity index (χ4v) is 3.16. The van der Waals surface area contributed by atoms with Crippen LogP contribution in [0, 0.1) is 0 Å². The van der Waals surface area contributed by atoms with Crippen LogP contribution in [0.1, 0.15) is 18.9 Å². The summed E-state index contributed by atoms with van der Waals surface area (Å²) in [5, 5.41) is 4.34. The van der Waals surface area contributed by atoms with E-state index in [1.54, 1.807) is 6.07 Å². The zero-order chi connectivity index (χ0) is 15.2. The van der Waals surface area contributed by atoms with Gasteiger partial charge in [-0.05, 0) is 24.6 Å². The van der Waals surface area contributed by atoms with Crippen molar-refractivity contribution in [2.45, 2.75) is 19.9 Å². The van der Waals surface area contributed by atoms with E-state index in [1.807, 2.05) is 19.1 Å². The van der Waals surface area contributed by atoms with Gasteiger partial charge in [-0.25, -0.2) is 12.7 Å². The summed E-state index contributed by atoms with van der Waals surface area (Å²) in [5.74, 6) is 0. The van der Waals surface area contributed by atoms with Crippen LogP contribution in [0.4, 0.5) is 0 Å². The minimum absolute atomic E-state index is 0.499. The minimum atomic E-state index is -3.10. The molecule has 1 rings (SSSR count). The Morgan fingerprint density at radius 2 is 2.00 bits per heavy atom. The minimum Gasteiger partial charge on any atom is -0.313 e. The van der Waals surface area contributed by atoms with E-state index in [0.29, 0.717) is 29.7 Å². The highest BCUT2D eigenvalue weighted by Crippen LogP contribution is 2.25. The number of rotatable bonds is 8. The zero-order valence-electron chi connectivity index (χ0n) is 11.7. The van der Waals surface area contributed by atoms with Gasteiger partial charge in [-0.15, -0.1) is 0 Å². The normalized spacial score (nSPS) is 12.1. The number of halogens is 2. The Morgan fingerprint density at radius 3 is 2.60 bits per heavy atom. The third kappa shape index (κ3) is 5.58. The van der Waals surface area contributed by atoms with Crippen molar-refractivity contribution in [3.8, 4) is 0 Å². The number of sulfonamides is 1. The van der Waals surface area contributed by atoms with Crippen LogP contribution in [0.3, 0.4) is 0 Å². The van der Waals surface area contributed by atoms with Crippen LogP contribution in [-0.2, 0) is 16.6 Å². The average Bonchev–Trinajstić information content (AvgIpc) is 2.37. The smallest absolute Gasteiger partial charge is 0.211 e. The number of hydrogen-bond donors (Lipinski definition) is 1. The molecule has 0 spiro atoms. The van der Waals surface area contributed by atoms with E-state index in [4.69, 9.17) is 23.2 Å². The van der Waals surface area contributed by atoms with E-state index >= 15 is 0 Å². The van der Waals surface area contributed by atoms with Crippen molar-refractivity contribution in [1.82, 2.24) is 9.62 Å². The monoisotopic (exact) mass is 338 g/mol. The van der Waals surface area contributed by atoms with Gasteiger partial charge in [0.1, 0.15) is 0 Å². The quantitative estimate of drug-likeness (QED) is 0.741. The Labute approximate surface area is 131 Å². The van der Waals surface area contributed by atoms with Gasteiger partial charge in [0.25, 0.3) is 0 Å². The lowest BCUT2D eigenvalue weighted by molar-refractivity contribution is 0.419. The van der Waals surface area contributed by atoms with Crippen molar-refractivity contribution in [2.75, 3.05) is 25.9 Å². The van der Waals surface area contributed by atoms with Gasteiger partial charge in [0.15, 0.2) is 0 Å². The topological polar surface area (TPSA) is 49.4 Å². The van der Waals surface area contributed by atoms with Gasteiger partial charge in [-0.1, -0.05) is 42.3 Å². The molecule has 0 atom stereocenters. The molecule has 1 aromatic carbocycles. The molecule has 0 aromatic heterocycles. The lowest BCUT2D eigenvalue weighted by Gasteiger charge is -2.17. The fraction of sp³-hybridized carbons (Fsp3) is 0.538. The molecule has 114 valence electrons. The Hall–Kier alpha value is -0.330. The van der Waals surface area contributed by atoms with Gasteiger partial charge in [-0.2, -0.15) is 0 Å². The molecule has 0 saturated carbocycles. The molecule has 1 N–H and O–H groups in total. The molecule has 0 saturated heterocycles. The third-order valence-corrected chi connectivity index (χ3v) is 5.17. The predicted molar refractivity (Wildman–Crippen MR) is 84.9 cm³/mol. The Morgan fingerprint density at radius 1 is 1.30 bits per heavy atom. The van der Waals surface area contributed by atoms with Crippen molar-refractivity contribution >= 4 is 33.2 Å². The highest BCUT2D eigenvalue weighted by atomic mass is 35.5. The van der Waals surface area contributed by atoms with Gasteiger partial charge in [0.05, 0.1) is 16.3 Å². The summed E-state index contributed by atoms with van der Waals surface area (Å²) < 4.78 is 24.3. The molecule has 0 aliphatic rings. The number of nitrogens with zero attached hydrogens (tertiary/aromatic N) is 1. The van der Waals surface area contributed by atoms with Crippen molar-refractivity contribution < 1.29 is 8.42 Å². The highest BCUT2D eigenvalue weighted by molar-refractivity contribution is 7.88. The van der Waals surface area contributed by atoms with Gasteiger partial charge < -0.3 is 5.32 Å². The second kappa shape index (κ2) is 8.20. The molecule has 20 heavy (non-hydrogen) atoms. The summed E-state index contributed by atoms with van der Waals surface area (Å²) in [7, 11) is -3.10. The first-order valence-electron chi connectivity index (χ1n) is 6.45. The second-order valence-corrected chi connectivity index (χ2v) is 7.27. The molecular weight excluding hydrogens is 319 g/mol. The van der Waals surface area contributed by atoms with E-state index < -0.39 is 10.0 Å². The van der Waals surface area contributed by atoms with Crippen molar-refractivity contribution in [3.63, 3.8) is 0 Å². The fourth-order valence-electron chi connectivity index (χ4n) is 1.85. The van der Waals surface area contributed by atoms with Crippen LogP contribution in [-0.4, -0.2) is 38.6 Å². The first kappa shape index (κ1) is 17.7. The van der Waals surface area contributed by atoms with Crippen LogP contribution >= 0.6 is 23.2 Å². The third-order valence-electron chi connectivity index (χ3n) is 2.93. The molecule has 0 aliphatic heterocycles. The zero-order valence-corrected chi connectivity index (χ0v) is 14.0. The molecule has 1 aromatic rings. The number of nitrogens with one attached hydrogen (secondary N) is 1. The number of hydrogen-bond acceptors (Lipinski definition) is 3. The molecule has 0 radical (unpaired) electrons. The van der Waals surface area contributed by atoms with E-state index in [2.05, 4.69) is 5.32 Å². The molecule has 7 heteroatoms. The summed E-state index contributed by atoms with van der Waals surface area (Å²) in [6.07, 6.45) is 1.98. The molecule has 0 fully saturated rings. The molecule has 0 unspecified atom stereocenters. The van der Waals surface area contributed by atoms with Crippen LogP contribution in [0.15, 0.2) is 18.2 Å². The second-order valence-electron chi connectivity index (χ2n) is 4.50. The van der Waals surface area contributed by atoms with Crippen LogP contribution < -0.4 is 5.32 Å². The first-order chi connectivity index (χ1) is 9.36. The molecular formula is C13H20Cl2N2O2S. The van der Waals surface area contributed by atoms with Gasteiger partial charge >= 0.3 is 0 Å². The SMILES string of the molecule is CCN(CCCNCc1cccc(Cl)c1Cl)S(C)(=O)=O. The Balaban J connectivity index is 2.34. The maximum atomic E-state index is 11.4. The van der Waals surface area contributed by atoms with E-state index in [-0.39, 0.29) is 0 Å². The molecule has 4 nitrogen and oxygen atoms in total. The summed E-state index contributed by atoms with van der Waals surface area (Å²) in [6, 6.07) is 5.52. The van der Waals surface area contributed by atoms with Gasteiger partial charge in [0.2, 0.25) is 10.0 Å². The van der Waals surface area contributed by atoms with E-state index in [0.717, 1.165) is 18.5 Å². The van der Waals surface area contributed by atoms with Gasteiger partial charge in [-0.3, -0.25) is 0 Å². The Kier molecular flexibility index (Phi) is 7.26. The summed E-state index contributed by atoms with van der Waals surface area (Å²) in [5.41, 5.74) is 0.939. The van der Waals surface area contributed by atoms with Crippen molar-refractivity contribution in [1.29, 1.82) is 0 Å². The van der Waals surface area contributed by atoms with E-state index in [1.165, 1.54) is 10.6 Å². The van der Waals surface area contributed by atoms with Crippen molar-refractivity contribution in [2.24, 2.45) is 0 Å². The first-order valence-corrected chi connectivity index (χ1v) is 9.05. The lowest BCUT2D eigenvalue weighted by Crippen LogP contribution is -2.32. The van der Waals surface area contributed by atoms with Crippen LogP contribution in [0.2, 0.25) is 10.0 Å². The summed E-state index contributed by atoms with van der Waals surface area (Å²) in [4.78, 5) is 0. The highest BCUT2D eigenvalue weighted by Gasteiger charge is 2.13. The molecule has 0 aliphatic carbocycles. The molecule has 0 heterocycles. The summed E-state index contributed by atoms with van der Waals surface area (Å²) in [6.45, 7) is 4.18. The maximum Gasteiger partial charge on any atom is 0.211 e. The van der Waals surface area contributed by atoms with Crippen LogP contribution in [0.5, 0.6) is 0 Å². The lowest BCUT2D eigenvalue weighted by atomic mass is 10.2.